The fraction of sp³-hybridized carbons (Fsp3) is 0.333. The number of nitrogens with one attached hydrogen (secondary N) is 2. The molecule has 6 nitrogen and oxygen atoms in total. The number of ether oxygens (including phenoxy) is 1. The topological polar surface area (TPSA) is 89.3 Å². The average Bonchev–Trinajstić information content (AvgIpc) is 3.40. The van der Waals surface area contributed by atoms with E-state index in [4.69, 9.17) is 10.5 Å². The molecule has 0 radical (unpaired) electrons. The fourth-order valence-corrected chi connectivity index (χ4v) is 2.81. The zero-order valence-corrected chi connectivity index (χ0v) is 13.3. The summed E-state index contributed by atoms with van der Waals surface area (Å²) in [6.07, 6.45) is 4.64. The summed E-state index contributed by atoms with van der Waals surface area (Å²) in [6, 6.07) is 7.74. The Labute approximate surface area is 140 Å². The van der Waals surface area contributed by atoms with Gasteiger partial charge in [0.25, 0.3) is 0 Å². The third-order valence-electron chi connectivity index (χ3n) is 4.36. The molecule has 2 aromatic rings. The van der Waals surface area contributed by atoms with E-state index in [-0.39, 0.29) is 5.91 Å². The van der Waals surface area contributed by atoms with Gasteiger partial charge >= 0.3 is 0 Å². The number of anilines is 3. The lowest BCUT2D eigenvalue weighted by atomic mass is 10.0. The highest BCUT2D eigenvalue weighted by Crippen LogP contribution is 2.38. The van der Waals surface area contributed by atoms with Crippen LogP contribution >= 0.6 is 0 Å². The van der Waals surface area contributed by atoms with Gasteiger partial charge in [-0.3, -0.25) is 4.79 Å². The van der Waals surface area contributed by atoms with Crippen LogP contribution < -0.4 is 21.1 Å². The number of amides is 1. The number of nitrogens with zero attached hydrogens (tertiary/aromatic N) is 1. The smallest absolute Gasteiger partial charge is 0.226 e. The fourth-order valence-electron chi connectivity index (χ4n) is 2.81. The molecule has 0 spiro atoms. The molecule has 1 amide bonds. The molecule has 6 heteroatoms. The Morgan fingerprint density at radius 2 is 2.21 bits per heavy atom. The van der Waals surface area contributed by atoms with Crippen LogP contribution in [0.5, 0.6) is 5.75 Å². The quantitative estimate of drug-likeness (QED) is 0.804. The summed E-state index contributed by atoms with van der Waals surface area (Å²) in [4.78, 5) is 16.0. The van der Waals surface area contributed by atoms with Crippen LogP contribution in [0.4, 0.5) is 17.2 Å². The minimum atomic E-state index is 0.0160. The summed E-state index contributed by atoms with van der Waals surface area (Å²) < 4.78 is 5.83. The van der Waals surface area contributed by atoms with Crippen molar-refractivity contribution in [2.75, 3.05) is 29.5 Å². The summed E-state index contributed by atoms with van der Waals surface area (Å²) in [5.41, 5.74) is 9.52. The summed E-state index contributed by atoms with van der Waals surface area (Å²) in [6.45, 7) is 1.29. The van der Waals surface area contributed by atoms with Crippen molar-refractivity contribution in [1.82, 2.24) is 4.98 Å². The first-order valence-electron chi connectivity index (χ1n) is 8.26. The monoisotopic (exact) mass is 324 g/mol. The molecule has 0 unspecified atom stereocenters. The molecule has 24 heavy (non-hydrogen) atoms. The predicted octanol–water partition coefficient (Wildman–Crippen LogP) is 2.87. The largest absolute Gasteiger partial charge is 0.489 e. The number of nitrogens with two attached hydrogens (primary N) is 1. The molecule has 124 valence electrons. The van der Waals surface area contributed by atoms with Gasteiger partial charge in [-0.2, -0.15) is 0 Å². The van der Waals surface area contributed by atoms with Crippen molar-refractivity contribution < 1.29 is 9.53 Å². The number of carbonyl (C=O) groups excluding carboxylic acids is 1. The number of fused-ring (bicyclic) bond motifs is 1. The summed E-state index contributed by atoms with van der Waals surface area (Å²) >= 11 is 0. The van der Waals surface area contributed by atoms with Gasteiger partial charge in [-0.25, -0.2) is 4.98 Å². The Hall–Kier alpha value is -2.76. The van der Waals surface area contributed by atoms with Crippen LogP contribution in [0.1, 0.15) is 19.3 Å². The van der Waals surface area contributed by atoms with Gasteiger partial charge in [0.2, 0.25) is 5.91 Å². The van der Waals surface area contributed by atoms with E-state index in [1.165, 1.54) is 12.8 Å². The number of benzene rings is 1. The number of carbonyl (C=O) groups is 1. The van der Waals surface area contributed by atoms with E-state index in [0.717, 1.165) is 22.5 Å². The minimum absolute atomic E-state index is 0.0160. The molecule has 0 atom stereocenters. The molecule has 1 saturated carbocycles. The standard InChI is InChI=1S/C18H20N4O2/c19-18-15(24-10-11-4-5-11)8-12(9-21-18)13-2-1-3-14-17(13)20-7-6-16(23)22-14/h1-3,8-9,11,20H,4-7,10H2,(H2,19,21)(H,22,23). The zero-order chi connectivity index (χ0) is 16.5. The lowest BCUT2D eigenvalue weighted by Crippen LogP contribution is -2.10. The third-order valence-corrected chi connectivity index (χ3v) is 4.36. The molecule has 4 rings (SSSR count). The van der Waals surface area contributed by atoms with Gasteiger partial charge in [0.05, 0.1) is 18.0 Å². The lowest BCUT2D eigenvalue weighted by molar-refractivity contribution is -0.115. The Balaban J connectivity index is 1.69. The van der Waals surface area contributed by atoms with E-state index < -0.39 is 0 Å². The van der Waals surface area contributed by atoms with E-state index in [2.05, 4.69) is 15.6 Å². The van der Waals surface area contributed by atoms with E-state index in [9.17, 15) is 4.79 Å². The van der Waals surface area contributed by atoms with Crippen molar-refractivity contribution in [3.05, 3.63) is 30.5 Å². The molecule has 4 N–H and O–H groups in total. The van der Waals surface area contributed by atoms with Crippen LogP contribution in [-0.4, -0.2) is 24.0 Å². The van der Waals surface area contributed by atoms with E-state index in [1.807, 2.05) is 24.3 Å². The molecule has 1 aromatic heterocycles. The Morgan fingerprint density at radius 3 is 3.04 bits per heavy atom. The third kappa shape index (κ3) is 2.99. The van der Waals surface area contributed by atoms with Crippen LogP contribution in [0.3, 0.4) is 0 Å². The van der Waals surface area contributed by atoms with Crippen molar-refractivity contribution in [3.63, 3.8) is 0 Å². The summed E-state index contributed by atoms with van der Waals surface area (Å²) in [5, 5.41) is 6.26. The number of para-hydroxylation sites is 1. The van der Waals surface area contributed by atoms with Gasteiger partial charge in [-0.1, -0.05) is 12.1 Å². The van der Waals surface area contributed by atoms with Crippen LogP contribution in [0.25, 0.3) is 11.1 Å². The number of hydrogen-bond acceptors (Lipinski definition) is 5. The van der Waals surface area contributed by atoms with E-state index >= 15 is 0 Å². The summed E-state index contributed by atoms with van der Waals surface area (Å²) in [5.74, 6) is 1.69. The molecular formula is C18H20N4O2. The average molecular weight is 324 g/mol. The Bertz CT molecular complexity index is 787. The first kappa shape index (κ1) is 14.8. The first-order chi connectivity index (χ1) is 11.7. The molecule has 1 aliphatic carbocycles. The van der Waals surface area contributed by atoms with Crippen molar-refractivity contribution in [3.8, 4) is 16.9 Å². The maximum absolute atomic E-state index is 11.7. The maximum atomic E-state index is 11.7. The van der Waals surface area contributed by atoms with Gasteiger partial charge < -0.3 is 21.1 Å². The molecule has 0 bridgehead atoms. The molecule has 1 fully saturated rings. The second-order valence-corrected chi connectivity index (χ2v) is 6.31. The van der Waals surface area contributed by atoms with Crippen molar-refractivity contribution in [2.24, 2.45) is 5.92 Å². The minimum Gasteiger partial charge on any atom is -0.489 e. The lowest BCUT2D eigenvalue weighted by Gasteiger charge is -2.15. The molecule has 2 heterocycles. The van der Waals surface area contributed by atoms with Crippen molar-refractivity contribution >= 4 is 23.1 Å². The van der Waals surface area contributed by atoms with Crippen molar-refractivity contribution in [1.29, 1.82) is 0 Å². The highest BCUT2D eigenvalue weighted by Gasteiger charge is 2.23. The first-order valence-corrected chi connectivity index (χ1v) is 8.26. The van der Waals surface area contributed by atoms with E-state index in [1.54, 1.807) is 6.20 Å². The predicted molar refractivity (Wildman–Crippen MR) is 94.0 cm³/mol. The SMILES string of the molecule is Nc1ncc(-c2cccc3c2NCCC(=O)N3)cc1OCC1CC1. The van der Waals surface area contributed by atoms with E-state index in [0.29, 0.717) is 37.1 Å². The highest BCUT2D eigenvalue weighted by molar-refractivity contribution is 5.99. The maximum Gasteiger partial charge on any atom is 0.226 e. The van der Waals surface area contributed by atoms with Crippen molar-refractivity contribution in [2.45, 2.75) is 19.3 Å². The Kier molecular flexibility index (Phi) is 3.72. The van der Waals surface area contributed by atoms with Crippen LogP contribution in [-0.2, 0) is 4.79 Å². The number of nitrogen functional groups attached to an aromatic ring is 1. The van der Waals surface area contributed by atoms with Gasteiger partial charge in [0.1, 0.15) is 0 Å². The second-order valence-electron chi connectivity index (χ2n) is 6.31. The van der Waals surface area contributed by atoms with Gasteiger partial charge in [-0.05, 0) is 30.9 Å². The second kappa shape index (κ2) is 6.03. The number of rotatable bonds is 4. The van der Waals surface area contributed by atoms with Crippen LogP contribution in [0, 0.1) is 5.92 Å². The van der Waals surface area contributed by atoms with Crippen LogP contribution in [0.15, 0.2) is 30.5 Å². The number of aromatic nitrogens is 1. The Morgan fingerprint density at radius 1 is 1.33 bits per heavy atom. The number of hydrogen-bond donors (Lipinski definition) is 3. The molecule has 1 aliphatic heterocycles. The van der Waals surface area contributed by atoms with Gasteiger partial charge in [0.15, 0.2) is 11.6 Å². The molecule has 0 saturated heterocycles. The van der Waals surface area contributed by atoms with Gasteiger partial charge in [0, 0.05) is 30.3 Å². The molecule has 2 aliphatic rings. The molecule has 1 aromatic carbocycles. The normalized spacial score (nSPS) is 16.6. The zero-order valence-electron chi connectivity index (χ0n) is 13.3. The van der Waals surface area contributed by atoms with Gasteiger partial charge in [-0.15, -0.1) is 0 Å². The highest BCUT2D eigenvalue weighted by atomic mass is 16.5. The van der Waals surface area contributed by atoms with Crippen LogP contribution in [0.2, 0.25) is 0 Å². The molecular weight excluding hydrogens is 304 g/mol. The summed E-state index contributed by atoms with van der Waals surface area (Å²) in [7, 11) is 0. The number of pyridine rings is 1.